The minimum atomic E-state index is -0.617. The molecule has 138 valence electrons. The van der Waals surface area contributed by atoms with Crippen molar-refractivity contribution in [3.63, 3.8) is 0 Å². The molecule has 1 heterocycles. The molecule has 6 heteroatoms. The molecule has 0 aliphatic rings. The van der Waals surface area contributed by atoms with Crippen molar-refractivity contribution in [3.05, 3.63) is 59.9 Å². The third-order valence-corrected chi connectivity index (χ3v) is 3.83. The topological polar surface area (TPSA) is 83.1 Å². The Kier molecular flexibility index (Phi) is 7.14. The lowest BCUT2D eigenvalue weighted by Gasteiger charge is -2.20. The fraction of sp³-hybridized carbons (Fsp3) is 0.350. The summed E-state index contributed by atoms with van der Waals surface area (Å²) in [7, 11) is 0. The van der Waals surface area contributed by atoms with Crippen molar-refractivity contribution in [3.8, 4) is 0 Å². The fourth-order valence-electron chi connectivity index (χ4n) is 2.47. The molecule has 6 nitrogen and oxygen atoms in total. The molecule has 0 radical (unpaired) electrons. The second kappa shape index (κ2) is 9.56. The Hall–Kier alpha value is -2.89. The number of urea groups is 1. The SMILES string of the molecule is Cc1ccc(CNC(=O)N[C@@H](CC(C)C)C(=O)Nc2cccnc2)cc1. The molecule has 0 aliphatic carbocycles. The molecule has 2 aromatic rings. The number of rotatable bonds is 7. The predicted octanol–water partition coefficient (Wildman–Crippen LogP) is 3.24. The summed E-state index contributed by atoms with van der Waals surface area (Å²) in [6.45, 7) is 6.44. The number of nitrogens with zero attached hydrogens (tertiary/aromatic N) is 1. The maximum absolute atomic E-state index is 12.5. The van der Waals surface area contributed by atoms with E-state index in [1.807, 2.05) is 45.0 Å². The molecule has 0 bridgehead atoms. The van der Waals surface area contributed by atoms with Gasteiger partial charge in [-0.25, -0.2) is 4.79 Å². The molecule has 1 aromatic carbocycles. The van der Waals surface area contributed by atoms with E-state index >= 15 is 0 Å². The Morgan fingerprint density at radius 3 is 2.46 bits per heavy atom. The molecule has 0 saturated heterocycles. The van der Waals surface area contributed by atoms with E-state index in [9.17, 15) is 9.59 Å². The largest absolute Gasteiger partial charge is 0.334 e. The third kappa shape index (κ3) is 6.55. The average Bonchev–Trinajstić information content (AvgIpc) is 2.61. The van der Waals surface area contributed by atoms with E-state index < -0.39 is 6.04 Å². The van der Waals surface area contributed by atoms with E-state index in [1.165, 1.54) is 5.56 Å². The van der Waals surface area contributed by atoms with Crippen LogP contribution in [0.1, 0.15) is 31.4 Å². The van der Waals surface area contributed by atoms with E-state index in [0.717, 1.165) is 5.56 Å². The smallest absolute Gasteiger partial charge is 0.315 e. The van der Waals surface area contributed by atoms with Crippen molar-refractivity contribution in [1.82, 2.24) is 15.6 Å². The molecule has 1 atom stereocenters. The van der Waals surface area contributed by atoms with Crippen LogP contribution in [0.2, 0.25) is 0 Å². The summed E-state index contributed by atoms with van der Waals surface area (Å²) in [6.07, 6.45) is 3.75. The van der Waals surface area contributed by atoms with Gasteiger partial charge in [0.2, 0.25) is 5.91 Å². The molecule has 26 heavy (non-hydrogen) atoms. The van der Waals surface area contributed by atoms with E-state index in [2.05, 4.69) is 20.9 Å². The first kappa shape index (κ1) is 19.4. The molecule has 0 spiro atoms. The van der Waals surface area contributed by atoms with Gasteiger partial charge >= 0.3 is 6.03 Å². The van der Waals surface area contributed by atoms with Crippen LogP contribution in [0.15, 0.2) is 48.8 Å². The van der Waals surface area contributed by atoms with Gasteiger partial charge < -0.3 is 16.0 Å². The molecule has 0 aliphatic heterocycles. The van der Waals surface area contributed by atoms with Crippen LogP contribution in [-0.2, 0) is 11.3 Å². The molecule has 0 fully saturated rings. The van der Waals surface area contributed by atoms with Crippen molar-refractivity contribution in [2.45, 2.75) is 39.8 Å². The Balaban J connectivity index is 1.92. The number of hydrogen-bond acceptors (Lipinski definition) is 3. The minimum Gasteiger partial charge on any atom is -0.334 e. The molecular formula is C20H26N4O2. The number of anilines is 1. The molecule has 1 aromatic heterocycles. The van der Waals surface area contributed by atoms with Gasteiger partial charge in [-0.2, -0.15) is 0 Å². The molecule has 0 saturated carbocycles. The number of amides is 3. The average molecular weight is 354 g/mol. The van der Waals surface area contributed by atoms with Crippen LogP contribution in [0.25, 0.3) is 0 Å². The number of pyridine rings is 1. The van der Waals surface area contributed by atoms with Crippen molar-refractivity contribution in [2.24, 2.45) is 5.92 Å². The summed E-state index contributed by atoms with van der Waals surface area (Å²) >= 11 is 0. The highest BCUT2D eigenvalue weighted by Gasteiger charge is 2.22. The maximum Gasteiger partial charge on any atom is 0.315 e. The number of carbonyl (C=O) groups excluding carboxylic acids is 2. The van der Waals surface area contributed by atoms with Gasteiger partial charge in [-0.05, 0) is 37.0 Å². The molecule has 2 rings (SSSR count). The van der Waals surface area contributed by atoms with Crippen LogP contribution >= 0.6 is 0 Å². The van der Waals surface area contributed by atoms with Crippen molar-refractivity contribution >= 4 is 17.6 Å². The third-order valence-electron chi connectivity index (χ3n) is 3.83. The van der Waals surface area contributed by atoms with Crippen molar-refractivity contribution < 1.29 is 9.59 Å². The van der Waals surface area contributed by atoms with Gasteiger partial charge in [-0.3, -0.25) is 9.78 Å². The Morgan fingerprint density at radius 2 is 1.85 bits per heavy atom. The molecule has 0 unspecified atom stereocenters. The normalized spacial score (nSPS) is 11.7. The first-order chi connectivity index (χ1) is 12.4. The van der Waals surface area contributed by atoms with E-state index in [1.54, 1.807) is 24.5 Å². The lowest BCUT2D eigenvalue weighted by Crippen LogP contribution is -2.48. The second-order valence-corrected chi connectivity index (χ2v) is 6.73. The lowest BCUT2D eigenvalue weighted by atomic mass is 10.0. The zero-order valence-corrected chi connectivity index (χ0v) is 15.5. The number of aromatic nitrogens is 1. The van der Waals surface area contributed by atoms with Crippen LogP contribution in [0, 0.1) is 12.8 Å². The van der Waals surface area contributed by atoms with Crippen LogP contribution in [-0.4, -0.2) is 23.0 Å². The maximum atomic E-state index is 12.5. The van der Waals surface area contributed by atoms with Gasteiger partial charge in [-0.15, -0.1) is 0 Å². The summed E-state index contributed by atoms with van der Waals surface area (Å²) in [5.41, 5.74) is 2.78. The van der Waals surface area contributed by atoms with Gasteiger partial charge in [-0.1, -0.05) is 43.7 Å². The molecule has 3 amide bonds. The van der Waals surface area contributed by atoms with Crippen molar-refractivity contribution in [1.29, 1.82) is 0 Å². The highest BCUT2D eigenvalue weighted by molar-refractivity contribution is 5.96. The fourth-order valence-corrected chi connectivity index (χ4v) is 2.47. The van der Waals surface area contributed by atoms with Crippen molar-refractivity contribution in [2.75, 3.05) is 5.32 Å². The van der Waals surface area contributed by atoms with Gasteiger partial charge in [0.25, 0.3) is 0 Å². The van der Waals surface area contributed by atoms with E-state index in [0.29, 0.717) is 18.7 Å². The van der Waals surface area contributed by atoms with Gasteiger partial charge in [0, 0.05) is 12.7 Å². The monoisotopic (exact) mass is 354 g/mol. The highest BCUT2D eigenvalue weighted by atomic mass is 16.2. The van der Waals surface area contributed by atoms with Crippen LogP contribution in [0.5, 0.6) is 0 Å². The predicted molar refractivity (Wildman–Crippen MR) is 103 cm³/mol. The molecule has 3 N–H and O–H groups in total. The van der Waals surface area contributed by atoms with Crippen LogP contribution in [0.4, 0.5) is 10.5 Å². The summed E-state index contributed by atoms with van der Waals surface area (Å²) in [5.74, 6) is 0.00855. The zero-order chi connectivity index (χ0) is 18.9. The first-order valence-electron chi connectivity index (χ1n) is 8.75. The minimum absolute atomic E-state index is 0.253. The standard InChI is InChI=1S/C20H26N4O2/c1-14(2)11-18(19(25)23-17-5-4-10-21-13-17)24-20(26)22-12-16-8-6-15(3)7-9-16/h4-10,13-14,18H,11-12H2,1-3H3,(H,23,25)(H2,22,24,26)/t18-/m0/s1. The Bertz CT molecular complexity index is 714. The lowest BCUT2D eigenvalue weighted by molar-refractivity contribution is -0.118. The summed E-state index contributed by atoms with van der Waals surface area (Å²) < 4.78 is 0. The Labute approximate surface area is 154 Å². The van der Waals surface area contributed by atoms with Gasteiger partial charge in [0.1, 0.15) is 6.04 Å². The molecular weight excluding hydrogens is 328 g/mol. The summed E-state index contributed by atoms with van der Waals surface area (Å²) in [5, 5.41) is 8.35. The quantitative estimate of drug-likeness (QED) is 0.714. The number of carbonyl (C=O) groups is 2. The second-order valence-electron chi connectivity index (χ2n) is 6.73. The van der Waals surface area contributed by atoms with Gasteiger partial charge in [0.05, 0.1) is 11.9 Å². The number of nitrogens with one attached hydrogen (secondary N) is 3. The summed E-state index contributed by atoms with van der Waals surface area (Å²) in [4.78, 5) is 28.7. The first-order valence-corrected chi connectivity index (χ1v) is 8.75. The van der Waals surface area contributed by atoms with E-state index in [-0.39, 0.29) is 17.9 Å². The van der Waals surface area contributed by atoms with Gasteiger partial charge in [0.15, 0.2) is 0 Å². The number of aryl methyl sites for hydroxylation is 1. The summed E-state index contributed by atoms with van der Waals surface area (Å²) in [6, 6.07) is 10.5. The Morgan fingerprint density at radius 1 is 1.12 bits per heavy atom. The van der Waals surface area contributed by atoms with Crippen LogP contribution in [0.3, 0.4) is 0 Å². The van der Waals surface area contributed by atoms with E-state index in [4.69, 9.17) is 0 Å². The van der Waals surface area contributed by atoms with Crippen LogP contribution < -0.4 is 16.0 Å². The highest BCUT2D eigenvalue weighted by Crippen LogP contribution is 2.09. The zero-order valence-electron chi connectivity index (χ0n) is 15.5. The number of hydrogen-bond donors (Lipinski definition) is 3. The number of benzene rings is 1.